The molecule has 0 fully saturated rings. The van der Waals surface area contributed by atoms with Crippen molar-refractivity contribution in [3.63, 3.8) is 0 Å². The quantitative estimate of drug-likeness (QED) is 0.547. The summed E-state index contributed by atoms with van der Waals surface area (Å²) in [5.74, 6) is 0.741. The summed E-state index contributed by atoms with van der Waals surface area (Å²) < 4.78 is 0.891. The van der Waals surface area contributed by atoms with E-state index in [9.17, 15) is 0 Å². The molecule has 86 valence electrons. The highest BCUT2D eigenvalue weighted by atomic mass is 127. The van der Waals surface area contributed by atoms with Crippen LogP contribution in [0.3, 0.4) is 0 Å². The zero-order chi connectivity index (χ0) is 10.8. The number of benzene rings is 1. The lowest BCUT2D eigenvalue weighted by molar-refractivity contribution is -0.00000346. The van der Waals surface area contributed by atoms with Crippen molar-refractivity contribution in [1.29, 1.82) is 0 Å². The fourth-order valence-electron chi connectivity index (χ4n) is 1.55. The maximum Gasteiger partial charge on any atom is 0.132 e. The first-order chi connectivity index (χ1) is 6.39. The van der Waals surface area contributed by atoms with Crippen molar-refractivity contribution in [1.82, 2.24) is 4.48 Å². The first-order valence-electron chi connectivity index (χ1n) is 5.30. The first-order valence-corrected chi connectivity index (χ1v) is 5.30. The van der Waals surface area contributed by atoms with Crippen LogP contribution in [0.2, 0.25) is 0 Å². The number of nitrogens with zero attached hydrogens (tertiary/aromatic N) is 1. The molecule has 15 heavy (non-hydrogen) atoms. The van der Waals surface area contributed by atoms with Gasteiger partial charge in [-0.3, -0.25) is 4.48 Å². The molecule has 0 aromatic heterocycles. The van der Waals surface area contributed by atoms with Gasteiger partial charge in [0.15, 0.2) is 0 Å². The molecule has 1 nitrogen and oxygen atoms in total. The van der Waals surface area contributed by atoms with Crippen LogP contribution in [0.5, 0.6) is 0 Å². The number of hydrogen-bond donors (Lipinski definition) is 0. The monoisotopic (exact) mass is 319 g/mol. The van der Waals surface area contributed by atoms with E-state index in [1.807, 2.05) is 0 Å². The van der Waals surface area contributed by atoms with Crippen LogP contribution in [-0.4, -0.2) is 21.1 Å². The molecule has 0 unspecified atom stereocenters. The second kappa shape index (κ2) is 5.85. The van der Waals surface area contributed by atoms with E-state index in [2.05, 4.69) is 59.3 Å². The summed E-state index contributed by atoms with van der Waals surface area (Å²) in [6.07, 6.45) is 1.18. The van der Waals surface area contributed by atoms with Gasteiger partial charge in [0.25, 0.3) is 0 Å². The average Bonchev–Trinajstić information content (AvgIpc) is 2.02. The van der Waals surface area contributed by atoms with Gasteiger partial charge in [-0.2, -0.15) is 0 Å². The summed E-state index contributed by atoms with van der Waals surface area (Å²) in [5, 5.41) is 0. The summed E-state index contributed by atoms with van der Waals surface area (Å²) in [7, 11) is 6.58. The van der Waals surface area contributed by atoms with Crippen LogP contribution < -0.4 is 28.5 Å². The van der Waals surface area contributed by atoms with Crippen LogP contribution >= 0.6 is 0 Å². The third kappa shape index (κ3) is 4.98. The second-order valence-corrected chi connectivity index (χ2v) is 5.28. The molecule has 1 aromatic carbocycles. The smallest absolute Gasteiger partial charge is 0.132 e. The highest BCUT2D eigenvalue weighted by Gasteiger charge is 2.10. The lowest BCUT2D eigenvalue weighted by Crippen LogP contribution is -3.00. The molecule has 0 saturated heterocycles. The molecule has 0 bridgehead atoms. The topological polar surface area (TPSA) is 0 Å². The maximum atomic E-state index is 2.26. The molecule has 2 heteroatoms. The fourth-order valence-corrected chi connectivity index (χ4v) is 1.55. The Morgan fingerprint density at radius 2 is 1.47 bits per heavy atom. The lowest BCUT2D eigenvalue weighted by atomic mass is 10.0. The van der Waals surface area contributed by atoms with E-state index >= 15 is 0 Å². The van der Waals surface area contributed by atoms with Gasteiger partial charge in [-0.15, -0.1) is 0 Å². The second-order valence-electron chi connectivity index (χ2n) is 5.28. The normalized spacial score (nSPS) is 11.3. The number of halogens is 1. The standard InChI is InChI=1S/C13H22N.HI/c1-11(2)10-12-6-8-13(9-7-12)14(3,4)5;/h6-9,11H,10H2,1-5H3;1H/q+1;/p-1. The summed E-state index contributed by atoms with van der Waals surface area (Å²) in [6.45, 7) is 4.52. The minimum atomic E-state index is 0. The SMILES string of the molecule is CC(C)Cc1ccc([N+](C)(C)C)cc1.[I-]. The van der Waals surface area contributed by atoms with Crippen LogP contribution in [0.25, 0.3) is 0 Å². The van der Waals surface area contributed by atoms with Crippen molar-refractivity contribution >= 4 is 5.69 Å². The Labute approximate surface area is 111 Å². The maximum absolute atomic E-state index is 2.26. The van der Waals surface area contributed by atoms with Crippen LogP contribution in [0.1, 0.15) is 19.4 Å². The van der Waals surface area contributed by atoms with Gasteiger partial charge in [-0.05, 0) is 30.0 Å². The van der Waals surface area contributed by atoms with Gasteiger partial charge >= 0.3 is 0 Å². The van der Waals surface area contributed by atoms with Crippen molar-refractivity contribution in [3.8, 4) is 0 Å². The predicted octanol–water partition coefficient (Wildman–Crippen LogP) is 0.0858. The van der Waals surface area contributed by atoms with Gasteiger partial charge in [0.2, 0.25) is 0 Å². The van der Waals surface area contributed by atoms with Crippen LogP contribution in [0.15, 0.2) is 24.3 Å². The molecule has 0 aliphatic rings. The molecular weight excluding hydrogens is 297 g/mol. The Morgan fingerprint density at radius 1 is 1.00 bits per heavy atom. The third-order valence-electron chi connectivity index (χ3n) is 2.35. The Hall–Kier alpha value is -0.0900. The van der Waals surface area contributed by atoms with E-state index < -0.39 is 0 Å². The van der Waals surface area contributed by atoms with Gasteiger partial charge in [0.05, 0.1) is 21.1 Å². The molecular formula is C13H22IN. The van der Waals surface area contributed by atoms with Gasteiger partial charge in [-0.1, -0.05) is 26.0 Å². The number of quaternary nitrogens is 1. The van der Waals surface area contributed by atoms with Crippen molar-refractivity contribution < 1.29 is 24.0 Å². The number of rotatable bonds is 3. The summed E-state index contributed by atoms with van der Waals surface area (Å²) in [6, 6.07) is 8.97. The molecule has 0 N–H and O–H groups in total. The van der Waals surface area contributed by atoms with Gasteiger partial charge < -0.3 is 24.0 Å². The predicted molar refractivity (Wildman–Crippen MR) is 64.6 cm³/mol. The van der Waals surface area contributed by atoms with Gasteiger partial charge in [0.1, 0.15) is 5.69 Å². The van der Waals surface area contributed by atoms with Crippen LogP contribution in [0.4, 0.5) is 5.69 Å². The van der Waals surface area contributed by atoms with E-state index in [1.54, 1.807) is 0 Å². The average molecular weight is 319 g/mol. The highest BCUT2D eigenvalue weighted by molar-refractivity contribution is 5.42. The molecule has 0 aliphatic carbocycles. The van der Waals surface area contributed by atoms with Crippen molar-refractivity contribution in [2.24, 2.45) is 5.92 Å². The molecule has 0 radical (unpaired) electrons. The molecule has 0 saturated carbocycles. The highest BCUT2D eigenvalue weighted by Crippen LogP contribution is 2.18. The number of hydrogen-bond acceptors (Lipinski definition) is 0. The van der Waals surface area contributed by atoms with Crippen molar-refractivity contribution in [2.75, 3.05) is 21.1 Å². The van der Waals surface area contributed by atoms with Gasteiger partial charge in [-0.25, -0.2) is 0 Å². The van der Waals surface area contributed by atoms with Crippen molar-refractivity contribution in [2.45, 2.75) is 20.3 Å². The van der Waals surface area contributed by atoms with E-state index in [0.29, 0.717) is 0 Å². The molecule has 0 amide bonds. The largest absolute Gasteiger partial charge is 1.00 e. The summed E-state index contributed by atoms with van der Waals surface area (Å²) >= 11 is 0. The van der Waals surface area contributed by atoms with Crippen LogP contribution in [0, 0.1) is 5.92 Å². The summed E-state index contributed by atoms with van der Waals surface area (Å²) in [4.78, 5) is 0. The minimum absolute atomic E-state index is 0. The molecule has 0 atom stereocenters. The first kappa shape index (κ1) is 14.9. The fraction of sp³-hybridized carbons (Fsp3) is 0.538. The van der Waals surface area contributed by atoms with Gasteiger partial charge in [0, 0.05) is 0 Å². The third-order valence-corrected chi connectivity index (χ3v) is 2.35. The zero-order valence-corrected chi connectivity index (χ0v) is 12.6. The Morgan fingerprint density at radius 3 is 1.80 bits per heavy atom. The molecule has 0 heterocycles. The molecule has 1 aromatic rings. The Balaban J connectivity index is 0.00000196. The molecule has 0 spiro atoms. The van der Waals surface area contributed by atoms with E-state index in [0.717, 1.165) is 10.4 Å². The zero-order valence-electron chi connectivity index (χ0n) is 10.4. The van der Waals surface area contributed by atoms with Crippen LogP contribution in [-0.2, 0) is 6.42 Å². The van der Waals surface area contributed by atoms with E-state index in [4.69, 9.17) is 0 Å². The van der Waals surface area contributed by atoms with Crippen molar-refractivity contribution in [3.05, 3.63) is 29.8 Å². The Kier molecular flexibility index (Phi) is 5.81. The van der Waals surface area contributed by atoms with E-state index in [1.165, 1.54) is 17.7 Å². The Bertz CT molecular complexity index is 282. The lowest BCUT2D eigenvalue weighted by Gasteiger charge is -2.23. The molecule has 0 aliphatic heterocycles. The summed E-state index contributed by atoms with van der Waals surface area (Å²) in [5.41, 5.74) is 2.80. The minimum Gasteiger partial charge on any atom is -1.00 e. The molecule has 1 rings (SSSR count). The van der Waals surface area contributed by atoms with E-state index in [-0.39, 0.29) is 24.0 Å².